The Morgan fingerprint density at radius 3 is 2.25 bits per heavy atom. The minimum Gasteiger partial charge on any atom is -0.312 e. The number of aryl methyl sites for hydroxylation is 2. The van der Waals surface area contributed by atoms with E-state index in [1.165, 1.54) is 27.0 Å². The summed E-state index contributed by atoms with van der Waals surface area (Å²) in [6, 6.07) is 0. The van der Waals surface area contributed by atoms with Gasteiger partial charge in [0.15, 0.2) is 0 Å². The van der Waals surface area contributed by atoms with E-state index >= 15 is 0 Å². The first kappa shape index (κ1) is 8.81. The van der Waals surface area contributed by atoms with Crippen molar-refractivity contribution in [1.29, 1.82) is 0 Å². The topological polar surface area (TPSA) is 0 Å². The van der Waals surface area contributed by atoms with E-state index in [0.717, 1.165) is 0 Å². The maximum absolute atomic E-state index is 2.27. The van der Waals surface area contributed by atoms with Gasteiger partial charge in [0.05, 0.1) is 0 Å². The molecule has 0 radical (unpaired) electrons. The van der Waals surface area contributed by atoms with Crippen LogP contribution in [0.4, 0.5) is 0 Å². The fourth-order valence-electron chi connectivity index (χ4n) is 0.389. The van der Waals surface area contributed by atoms with Crippen molar-refractivity contribution in [3.05, 3.63) is 16.1 Å². The third-order valence-electron chi connectivity index (χ3n) is 1.03. The summed E-state index contributed by atoms with van der Waals surface area (Å²) in [7, 11) is 2.85. The van der Waals surface area contributed by atoms with Crippen LogP contribution < -0.4 is 18.9 Å². The zero-order valence-electron chi connectivity index (χ0n) is 5.47. The Balaban J connectivity index is 0.000000490. The van der Waals surface area contributed by atoms with Crippen LogP contribution in [0, 0.1) is 13.8 Å². The van der Waals surface area contributed by atoms with Crippen LogP contribution in [0.2, 0.25) is 0 Å². The van der Waals surface area contributed by atoms with E-state index in [0.29, 0.717) is 0 Å². The molecule has 8 heavy (non-hydrogen) atoms. The van der Waals surface area contributed by atoms with Gasteiger partial charge < -0.3 is 16.4 Å². The van der Waals surface area contributed by atoms with Gasteiger partial charge in [-0.05, 0) is 0 Å². The van der Waals surface area contributed by atoms with Crippen LogP contribution in [-0.2, 0) is 0 Å². The fourth-order valence-corrected chi connectivity index (χ4v) is 2.73. The molecule has 0 fully saturated rings. The van der Waals surface area contributed by atoms with Crippen molar-refractivity contribution >= 4 is 16.4 Å². The Labute approximate surface area is 65.4 Å². The van der Waals surface area contributed by atoms with Crippen LogP contribution >= 0.6 is 16.4 Å². The zero-order chi connectivity index (χ0) is 5.28. The molecule has 0 nitrogen and oxygen atoms in total. The second kappa shape index (κ2) is 3.76. The molecule has 0 bridgehead atoms. The van der Waals surface area contributed by atoms with Crippen molar-refractivity contribution in [2.75, 3.05) is 0 Å². The molecule has 3 heteroatoms. The van der Waals surface area contributed by atoms with Crippen molar-refractivity contribution < 1.29 is 18.9 Å². The van der Waals surface area contributed by atoms with Gasteiger partial charge in [0.25, 0.3) is 0 Å². The van der Waals surface area contributed by atoms with E-state index in [1.54, 1.807) is 0 Å². The van der Waals surface area contributed by atoms with Crippen molar-refractivity contribution in [3.63, 3.8) is 0 Å². The molecule has 0 spiro atoms. The van der Waals surface area contributed by atoms with Crippen LogP contribution in [0.25, 0.3) is 0 Å². The van der Waals surface area contributed by atoms with Crippen molar-refractivity contribution in [3.8, 4) is 0 Å². The Morgan fingerprint density at radius 2 is 2.12 bits per heavy atom. The second-order valence-electron chi connectivity index (χ2n) is 1.54. The summed E-state index contributed by atoms with van der Waals surface area (Å²) in [5.41, 5.74) is 2.27. The summed E-state index contributed by atoms with van der Waals surface area (Å²) in [6.45, 7) is 4.38. The molecule has 1 aromatic heterocycles. The second-order valence-corrected chi connectivity index (χ2v) is 4.33. The van der Waals surface area contributed by atoms with Gasteiger partial charge in [0.2, 0.25) is 0 Å². The molecule has 0 aliphatic carbocycles. The van der Waals surface area contributed by atoms with Crippen LogP contribution in [0.15, 0.2) is 5.53 Å². The Bertz CT molecular complexity index is 143. The monoisotopic (exact) mass is 136 g/mol. The first-order valence-electron chi connectivity index (χ1n) is 2.21. The molecule has 0 aromatic carbocycles. The first-order chi connectivity index (χ1) is 3.30. The Morgan fingerprint density at radius 1 is 1.50 bits per heavy atom. The van der Waals surface area contributed by atoms with Gasteiger partial charge in [-0.25, -0.2) is 0 Å². The molecule has 0 saturated heterocycles. The van der Waals surface area contributed by atoms with Crippen LogP contribution in [0.5, 0.6) is 0 Å². The normalized spacial score (nSPS) is 10.2. The number of rotatable bonds is 0. The summed E-state index contributed by atoms with van der Waals surface area (Å²) in [4.78, 5) is 0. The average molecular weight is 136 g/mol. The van der Waals surface area contributed by atoms with E-state index in [2.05, 4.69) is 19.4 Å². The van der Waals surface area contributed by atoms with Gasteiger partial charge >= 0.3 is 18.9 Å². The number of hydrogen-bond donors (Lipinski definition) is 0. The average Bonchev–Trinajstić information content (AvgIpc) is 1.91. The minimum atomic E-state index is 0. The van der Waals surface area contributed by atoms with E-state index < -0.39 is 0 Å². The molecule has 0 aliphatic rings. The molecule has 1 rings (SSSR count). The number of hydrogen-bond acceptors (Lipinski definition) is 0. The van der Waals surface area contributed by atoms with Crippen LogP contribution in [0.3, 0.4) is 0 Å². The fraction of sp³-hybridized carbons (Fsp3) is 0.400. The smallest absolute Gasteiger partial charge is 0.312 e. The molecule has 0 saturated carbocycles. The quantitative estimate of drug-likeness (QED) is 0.446. The van der Waals surface area contributed by atoms with Crippen molar-refractivity contribution in [1.82, 2.24) is 0 Å². The van der Waals surface area contributed by atoms with Gasteiger partial charge in [-0.15, -0.1) is 10.6 Å². The summed E-state index contributed by atoms with van der Waals surface area (Å²) < 4.78 is 0. The van der Waals surface area contributed by atoms with E-state index in [1.807, 2.05) is 0 Å². The maximum atomic E-state index is 2.27. The third-order valence-corrected chi connectivity index (χ3v) is 3.57. The van der Waals surface area contributed by atoms with E-state index in [9.17, 15) is 0 Å². The van der Waals surface area contributed by atoms with Crippen molar-refractivity contribution in [2.24, 2.45) is 0 Å². The summed E-state index contributed by atoms with van der Waals surface area (Å²) >= 11 is 0. The minimum absolute atomic E-state index is 0. The predicted octanol–water partition coefficient (Wildman–Crippen LogP) is 0.187. The predicted molar refractivity (Wildman–Crippen MR) is 36.5 cm³/mol. The molecule has 38 valence electrons. The van der Waals surface area contributed by atoms with E-state index in [-0.39, 0.29) is 18.9 Å². The van der Waals surface area contributed by atoms with Crippen molar-refractivity contribution in [2.45, 2.75) is 13.8 Å². The van der Waals surface area contributed by atoms with Crippen LogP contribution in [0.1, 0.15) is 10.6 Å². The molecular formula is C5H7LiP2. The van der Waals surface area contributed by atoms with Crippen LogP contribution in [-0.4, -0.2) is 0 Å². The molecule has 0 N–H and O–H groups in total. The van der Waals surface area contributed by atoms with Gasteiger partial charge in [-0.1, -0.05) is 13.8 Å². The molecule has 0 unspecified atom stereocenters. The summed E-state index contributed by atoms with van der Waals surface area (Å²) in [5.74, 6) is 0. The molecular weight excluding hydrogens is 129 g/mol. The van der Waals surface area contributed by atoms with Gasteiger partial charge in [0.1, 0.15) is 0 Å². The largest absolute Gasteiger partial charge is 1.00 e. The van der Waals surface area contributed by atoms with Gasteiger partial charge in [-0.2, -0.15) is 5.53 Å². The molecule has 0 atom stereocenters. The molecule has 0 amide bonds. The third kappa shape index (κ3) is 1.97. The maximum Gasteiger partial charge on any atom is 1.00 e. The van der Waals surface area contributed by atoms with Gasteiger partial charge in [0, 0.05) is 0 Å². The molecule has 1 heterocycles. The SMILES string of the molecule is Cc1pc[p-]c1C.[Li+]. The summed E-state index contributed by atoms with van der Waals surface area (Å²) in [6.07, 6.45) is 0. The van der Waals surface area contributed by atoms with E-state index in [4.69, 9.17) is 0 Å². The molecule has 0 aliphatic heterocycles. The summed E-state index contributed by atoms with van der Waals surface area (Å²) in [5, 5.41) is 3.06. The standard InChI is InChI=1S/C5H7P2.Li/c1-4-5(2)7-3-6-4;/h3H,1-2H3;/q-1;+1. The zero-order valence-corrected chi connectivity index (χ0v) is 7.26. The Hall–Kier alpha value is 0.807. The first-order valence-corrected chi connectivity index (χ1v) is 4.14. The van der Waals surface area contributed by atoms with Gasteiger partial charge in [-0.3, -0.25) is 0 Å². The molecule has 1 aromatic rings. The Kier molecular flexibility index (Phi) is 4.14.